The Labute approximate surface area is 162 Å². The van der Waals surface area contributed by atoms with Crippen LogP contribution in [0.4, 0.5) is 0 Å². The molecule has 0 spiro atoms. The highest BCUT2D eigenvalue weighted by atomic mass is 32.2. The molecule has 0 unspecified atom stereocenters. The number of rotatable bonds is 5. The zero-order valence-electron chi connectivity index (χ0n) is 15.1. The first kappa shape index (κ1) is 18.5. The average Bonchev–Trinajstić information content (AvgIpc) is 2.98. The van der Waals surface area contributed by atoms with Crippen molar-refractivity contribution in [3.8, 4) is 11.3 Å². The van der Waals surface area contributed by atoms with Gasteiger partial charge in [-0.15, -0.1) is 16.9 Å². The van der Waals surface area contributed by atoms with E-state index in [9.17, 15) is 0 Å². The van der Waals surface area contributed by atoms with E-state index in [1.165, 1.54) is 16.7 Å². The van der Waals surface area contributed by atoms with Crippen LogP contribution >= 0.6 is 23.5 Å². The number of hydrogen-bond donors (Lipinski definition) is 1. The van der Waals surface area contributed by atoms with Crippen molar-refractivity contribution in [2.75, 3.05) is 12.0 Å². The molecule has 26 heavy (non-hydrogen) atoms. The maximum Gasteiger partial charge on any atom is 0.286 e. The van der Waals surface area contributed by atoms with Gasteiger partial charge in [0, 0.05) is 16.5 Å². The summed E-state index contributed by atoms with van der Waals surface area (Å²) in [6, 6.07) is 12.6. The second kappa shape index (κ2) is 8.42. The third-order valence-corrected chi connectivity index (χ3v) is 5.35. The molecule has 7 heteroatoms. The predicted molar refractivity (Wildman–Crippen MR) is 113 cm³/mol. The first-order valence-corrected chi connectivity index (χ1v) is 10.5. The summed E-state index contributed by atoms with van der Waals surface area (Å²) in [6.45, 7) is 2.17. The molecule has 134 valence electrons. The normalized spacial score (nSPS) is 12.3. The number of benzene rings is 1. The van der Waals surface area contributed by atoms with Crippen molar-refractivity contribution in [2.45, 2.75) is 11.8 Å². The van der Waals surface area contributed by atoms with E-state index in [2.05, 4.69) is 69.8 Å². The van der Waals surface area contributed by atoms with Crippen LogP contribution in [0.25, 0.3) is 16.9 Å². The number of thioether (sulfide) groups is 2. The van der Waals surface area contributed by atoms with Gasteiger partial charge in [0.2, 0.25) is 0 Å². The topological polar surface area (TPSA) is 59.8 Å². The molecule has 2 heterocycles. The van der Waals surface area contributed by atoms with Crippen LogP contribution in [0.3, 0.4) is 0 Å². The summed E-state index contributed by atoms with van der Waals surface area (Å²) in [6.07, 6.45) is 7.93. The van der Waals surface area contributed by atoms with Gasteiger partial charge < -0.3 is 5.73 Å². The molecule has 0 aliphatic carbocycles. The summed E-state index contributed by atoms with van der Waals surface area (Å²) in [5, 5.41) is 8.35. The monoisotopic (exact) mass is 384 g/mol. The second-order valence-electron chi connectivity index (χ2n) is 5.65. The minimum atomic E-state index is 0.450. The molecule has 0 aliphatic heterocycles. The van der Waals surface area contributed by atoms with Crippen LogP contribution in [-0.2, 0) is 7.05 Å². The number of nitrogens with zero attached hydrogens (tertiary/aromatic N) is 4. The van der Waals surface area contributed by atoms with Gasteiger partial charge in [0.15, 0.2) is 10.9 Å². The van der Waals surface area contributed by atoms with E-state index in [0.29, 0.717) is 5.17 Å². The molecule has 0 atom stereocenters. The van der Waals surface area contributed by atoms with Gasteiger partial charge in [-0.1, -0.05) is 30.8 Å². The van der Waals surface area contributed by atoms with Crippen LogP contribution in [0.2, 0.25) is 0 Å². The van der Waals surface area contributed by atoms with E-state index < -0.39 is 0 Å². The zero-order chi connectivity index (χ0) is 18.5. The van der Waals surface area contributed by atoms with E-state index in [4.69, 9.17) is 5.73 Å². The molecule has 2 aromatic heterocycles. The molecule has 1 aromatic carbocycles. The molecule has 5 nitrogen and oxygen atoms in total. The molecule has 0 fully saturated rings. The summed E-state index contributed by atoms with van der Waals surface area (Å²) in [7, 11) is 2.09. The lowest BCUT2D eigenvalue weighted by Gasteiger charge is -1.98. The number of amidine groups is 1. The maximum absolute atomic E-state index is 5.61. The standard InChI is InChI=1S/C19H22N5S2/c1-4-26-16-9-10-18-23(2)17(13-24(18)12-16)15-7-5-14(6-8-15)11-21-22-19(20)25-3/h5-13H,4H2,1-3H3,(H2,20,22)/q+1/b21-11+. The molecule has 0 radical (unpaired) electrons. The van der Waals surface area contributed by atoms with Crippen molar-refractivity contribution >= 4 is 40.6 Å². The number of aromatic nitrogens is 2. The third kappa shape index (κ3) is 4.11. The highest BCUT2D eigenvalue weighted by molar-refractivity contribution is 8.13. The van der Waals surface area contributed by atoms with Crippen molar-refractivity contribution < 1.29 is 4.40 Å². The molecule has 0 saturated carbocycles. The Bertz CT molecular complexity index is 958. The van der Waals surface area contributed by atoms with Crippen molar-refractivity contribution in [2.24, 2.45) is 23.0 Å². The fourth-order valence-corrected chi connectivity index (χ4v) is 3.49. The van der Waals surface area contributed by atoms with Crippen molar-refractivity contribution in [1.82, 2.24) is 4.57 Å². The largest absolute Gasteiger partial charge is 0.377 e. The average molecular weight is 385 g/mol. The van der Waals surface area contributed by atoms with Crippen LogP contribution in [-0.4, -0.2) is 28.0 Å². The molecule has 0 aliphatic rings. The number of imidazole rings is 1. The van der Waals surface area contributed by atoms with E-state index in [0.717, 1.165) is 28.2 Å². The Morgan fingerprint density at radius 2 is 1.96 bits per heavy atom. The predicted octanol–water partition coefficient (Wildman–Crippen LogP) is 3.55. The summed E-state index contributed by atoms with van der Waals surface area (Å²) >= 11 is 3.22. The van der Waals surface area contributed by atoms with Crippen LogP contribution < -0.4 is 10.1 Å². The highest BCUT2D eigenvalue weighted by Crippen LogP contribution is 2.22. The zero-order valence-corrected chi connectivity index (χ0v) is 16.7. The summed E-state index contributed by atoms with van der Waals surface area (Å²) in [5.41, 5.74) is 10.1. The SMILES string of the molecule is CCSc1ccc2n(C)c(-c3ccc(/C=N/N=C(\N)SC)cc3)c[n+]2c1. The Kier molecular flexibility index (Phi) is 6.00. The molecule has 0 bridgehead atoms. The quantitative estimate of drug-likeness (QED) is 0.241. The van der Waals surface area contributed by atoms with Crippen molar-refractivity contribution in [1.29, 1.82) is 0 Å². The maximum atomic E-state index is 5.61. The molecule has 3 aromatic rings. The minimum Gasteiger partial charge on any atom is -0.377 e. The fraction of sp³-hybridized carbons (Fsp3) is 0.211. The van der Waals surface area contributed by atoms with Crippen LogP contribution in [0.1, 0.15) is 12.5 Å². The molecule has 2 N–H and O–H groups in total. The van der Waals surface area contributed by atoms with Gasteiger partial charge in [-0.05, 0) is 35.8 Å². The number of pyridine rings is 1. The molecule has 0 amide bonds. The van der Waals surface area contributed by atoms with Gasteiger partial charge in [0.05, 0.1) is 13.3 Å². The van der Waals surface area contributed by atoms with Gasteiger partial charge in [0.1, 0.15) is 12.4 Å². The van der Waals surface area contributed by atoms with Crippen LogP contribution in [0.15, 0.2) is 63.9 Å². The Balaban J connectivity index is 1.88. The summed E-state index contributed by atoms with van der Waals surface area (Å²) < 4.78 is 4.38. The Morgan fingerprint density at radius 3 is 2.65 bits per heavy atom. The van der Waals surface area contributed by atoms with Crippen LogP contribution in [0, 0.1) is 0 Å². The molecule has 0 saturated heterocycles. The van der Waals surface area contributed by atoms with Gasteiger partial charge in [-0.3, -0.25) is 0 Å². The minimum absolute atomic E-state index is 0.450. The van der Waals surface area contributed by atoms with Gasteiger partial charge in [-0.2, -0.15) is 5.10 Å². The van der Waals surface area contributed by atoms with E-state index in [1.807, 2.05) is 30.2 Å². The van der Waals surface area contributed by atoms with E-state index >= 15 is 0 Å². The summed E-state index contributed by atoms with van der Waals surface area (Å²) in [4.78, 5) is 1.28. The summed E-state index contributed by atoms with van der Waals surface area (Å²) in [5.74, 6) is 1.07. The fourth-order valence-electron chi connectivity index (χ4n) is 2.67. The third-order valence-electron chi connectivity index (χ3n) is 3.98. The lowest BCUT2D eigenvalue weighted by molar-refractivity contribution is -0.512. The number of fused-ring (bicyclic) bond motifs is 1. The number of hydrogen-bond acceptors (Lipinski definition) is 4. The molecule has 3 rings (SSSR count). The Morgan fingerprint density at radius 1 is 1.19 bits per heavy atom. The first-order chi connectivity index (χ1) is 12.6. The lowest BCUT2D eigenvalue weighted by Crippen LogP contribution is -2.18. The molecular weight excluding hydrogens is 362 g/mol. The highest BCUT2D eigenvalue weighted by Gasteiger charge is 2.16. The lowest BCUT2D eigenvalue weighted by atomic mass is 10.1. The Hall–Kier alpha value is -2.25. The first-order valence-electron chi connectivity index (χ1n) is 8.27. The van der Waals surface area contributed by atoms with E-state index in [-0.39, 0.29) is 0 Å². The number of aryl methyl sites for hydroxylation is 1. The second-order valence-corrected chi connectivity index (χ2v) is 7.81. The van der Waals surface area contributed by atoms with Crippen molar-refractivity contribution in [3.63, 3.8) is 0 Å². The van der Waals surface area contributed by atoms with Crippen molar-refractivity contribution in [3.05, 3.63) is 54.4 Å². The van der Waals surface area contributed by atoms with Crippen LogP contribution in [0.5, 0.6) is 0 Å². The molecular formula is C19H22N5S2+. The smallest absolute Gasteiger partial charge is 0.286 e. The van der Waals surface area contributed by atoms with Gasteiger partial charge >= 0.3 is 0 Å². The van der Waals surface area contributed by atoms with Gasteiger partial charge in [0.25, 0.3) is 5.65 Å². The van der Waals surface area contributed by atoms with Gasteiger partial charge in [-0.25, -0.2) is 8.97 Å². The number of nitrogens with two attached hydrogens (primary N) is 1. The van der Waals surface area contributed by atoms with E-state index in [1.54, 1.807) is 6.21 Å².